The molecule has 6 nitrogen and oxygen atoms in total. The Morgan fingerprint density at radius 1 is 1.00 bits per heavy atom. The van der Waals surface area contributed by atoms with Crippen LogP contribution in [0.2, 0.25) is 0 Å². The summed E-state index contributed by atoms with van der Waals surface area (Å²) < 4.78 is 16.6. The Balaban J connectivity index is 1.64. The smallest absolute Gasteiger partial charge is 0.315 e. The first-order valence-electron chi connectivity index (χ1n) is 9.09. The van der Waals surface area contributed by atoms with Crippen LogP contribution < -0.4 is 24.8 Å². The van der Waals surface area contributed by atoms with Crippen LogP contribution in [0, 0.1) is 6.92 Å². The SMILES string of the molecule is COc1ccc(C)cc1C(C)NC(=O)NC(C)c1ccc2c(c1)OCCO2. The van der Waals surface area contributed by atoms with Gasteiger partial charge in [-0.05, 0) is 44.5 Å². The van der Waals surface area contributed by atoms with Crippen molar-refractivity contribution in [2.45, 2.75) is 32.9 Å². The van der Waals surface area contributed by atoms with Gasteiger partial charge in [-0.2, -0.15) is 0 Å². The van der Waals surface area contributed by atoms with Gasteiger partial charge in [-0.3, -0.25) is 0 Å². The van der Waals surface area contributed by atoms with Crippen LogP contribution in [0.25, 0.3) is 0 Å². The number of rotatable bonds is 5. The second-order valence-electron chi connectivity index (χ2n) is 6.71. The largest absolute Gasteiger partial charge is 0.496 e. The summed E-state index contributed by atoms with van der Waals surface area (Å²) in [5, 5.41) is 5.94. The lowest BCUT2D eigenvalue weighted by atomic mass is 10.0. The molecule has 2 atom stereocenters. The minimum Gasteiger partial charge on any atom is -0.496 e. The summed E-state index contributed by atoms with van der Waals surface area (Å²) in [4.78, 5) is 12.5. The highest BCUT2D eigenvalue weighted by atomic mass is 16.6. The predicted octanol–water partition coefficient (Wildman–Crippen LogP) is 3.90. The highest BCUT2D eigenvalue weighted by molar-refractivity contribution is 5.75. The number of amides is 2. The van der Waals surface area contributed by atoms with Crippen LogP contribution in [0.15, 0.2) is 36.4 Å². The van der Waals surface area contributed by atoms with Crippen LogP contribution >= 0.6 is 0 Å². The van der Waals surface area contributed by atoms with Crippen LogP contribution in [0.1, 0.15) is 42.6 Å². The van der Waals surface area contributed by atoms with Crippen molar-refractivity contribution in [2.75, 3.05) is 20.3 Å². The zero-order valence-electron chi connectivity index (χ0n) is 16.2. The molecular formula is C21H26N2O4. The third-order valence-electron chi connectivity index (χ3n) is 4.61. The van der Waals surface area contributed by atoms with Crippen molar-refractivity contribution in [3.8, 4) is 17.2 Å². The number of hydrogen-bond donors (Lipinski definition) is 2. The van der Waals surface area contributed by atoms with Gasteiger partial charge in [-0.25, -0.2) is 4.79 Å². The van der Waals surface area contributed by atoms with Crippen LogP contribution in [0.5, 0.6) is 17.2 Å². The lowest BCUT2D eigenvalue weighted by Crippen LogP contribution is -2.38. The van der Waals surface area contributed by atoms with E-state index in [1.54, 1.807) is 7.11 Å². The van der Waals surface area contributed by atoms with Gasteiger partial charge in [0.1, 0.15) is 19.0 Å². The quantitative estimate of drug-likeness (QED) is 0.838. The van der Waals surface area contributed by atoms with Gasteiger partial charge < -0.3 is 24.8 Å². The Kier molecular flexibility index (Phi) is 5.74. The maximum Gasteiger partial charge on any atom is 0.315 e. The van der Waals surface area contributed by atoms with Crippen molar-refractivity contribution in [1.29, 1.82) is 0 Å². The Bertz CT molecular complexity index is 822. The predicted molar refractivity (Wildman–Crippen MR) is 104 cm³/mol. The minimum atomic E-state index is -0.242. The number of urea groups is 1. The lowest BCUT2D eigenvalue weighted by Gasteiger charge is -2.22. The second-order valence-corrected chi connectivity index (χ2v) is 6.71. The molecule has 144 valence electrons. The summed E-state index contributed by atoms with van der Waals surface area (Å²) in [5.74, 6) is 2.21. The first kappa shape index (κ1) is 18.9. The van der Waals surface area contributed by atoms with E-state index >= 15 is 0 Å². The number of benzene rings is 2. The number of carbonyl (C=O) groups is 1. The van der Waals surface area contributed by atoms with E-state index < -0.39 is 0 Å². The first-order chi connectivity index (χ1) is 13.0. The molecule has 0 radical (unpaired) electrons. The van der Waals surface area contributed by atoms with E-state index in [0.29, 0.717) is 19.0 Å². The maximum atomic E-state index is 12.5. The molecule has 1 heterocycles. The van der Waals surface area contributed by atoms with Gasteiger partial charge >= 0.3 is 6.03 Å². The fourth-order valence-corrected chi connectivity index (χ4v) is 3.12. The van der Waals surface area contributed by atoms with E-state index in [1.165, 1.54) is 0 Å². The van der Waals surface area contributed by atoms with Gasteiger partial charge in [0.2, 0.25) is 0 Å². The zero-order valence-corrected chi connectivity index (χ0v) is 16.2. The summed E-state index contributed by atoms with van der Waals surface area (Å²) in [7, 11) is 1.63. The van der Waals surface area contributed by atoms with E-state index in [1.807, 2.05) is 57.2 Å². The van der Waals surface area contributed by atoms with Gasteiger partial charge in [0.15, 0.2) is 11.5 Å². The highest BCUT2D eigenvalue weighted by Crippen LogP contribution is 2.32. The maximum absolute atomic E-state index is 12.5. The van der Waals surface area contributed by atoms with E-state index in [9.17, 15) is 4.79 Å². The fraction of sp³-hybridized carbons (Fsp3) is 0.381. The molecule has 0 spiro atoms. The van der Waals surface area contributed by atoms with Crippen LogP contribution in [-0.4, -0.2) is 26.4 Å². The molecule has 2 unspecified atom stereocenters. The molecule has 2 aromatic carbocycles. The summed E-state index contributed by atoms with van der Waals surface area (Å²) in [6.07, 6.45) is 0. The Morgan fingerprint density at radius 3 is 2.44 bits per heavy atom. The molecule has 0 fully saturated rings. The molecule has 0 aromatic heterocycles. The Morgan fingerprint density at radius 2 is 1.70 bits per heavy atom. The van der Waals surface area contributed by atoms with E-state index in [0.717, 1.165) is 28.2 Å². The van der Waals surface area contributed by atoms with Crippen molar-refractivity contribution >= 4 is 6.03 Å². The number of fused-ring (bicyclic) bond motifs is 1. The second kappa shape index (κ2) is 8.20. The molecule has 0 saturated heterocycles. The summed E-state index contributed by atoms with van der Waals surface area (Å²) in [6.45, 7) is 6.98. The zero-order chi connectivity index (χ0) is 19.4. The number of carbonyl (C=O) groups excluding carboxylic acids is 1. The van der Waals surface area contributed by atoms with Gasteiger partial charge in [0.25, 0.3) is 0 Å². The number of ether oxygens (including phenoxy) is 3. The number of methoxy groups -OCH3 is 1. The van der Waals surface area contributed by atoms with Crippen molar-refractivity contribution in [3.63, 3.8) is 0 Å². The van der Waals surface area contributed by atoms with E-state index in [-0.39, 0.29) is 18.1 Å². The summed E-state index contributed by atoms with van der Waals surface area (Å²) in [5.41, 5.74) is 3.01. The number of hydrogen-bond acceptors (Lipinski definition) is 4. The van der Waals surface area contributed by atoms with E-state index in [4.69, 9.17) is 14.2 Å². The van der Waals surface area contributed by atoms with Gasteiger partial charge in [-0.15, -0.1) is 0 Å². The van der Waals surface area contributed by atoms with Crippen molar-refractivity contribution < 1.29 is 19.0 Å². The van der Waals surface area contributed by atoms with Gasteiger partial charge in [0.05, 0.1) is 19.2 Å². The molecule has 2 aromatic rings. The third-order valence-corrected chi connectivity index (χ3v) is 4.61. The number of nitrogens with one attached hydrogen (secondary N) is 2. The summed E-state index contributed by atoms with van der Waals surface area (Å²) in [6, 6.07) is 11.0. The average molecular weight is 370 g/mol. The Labute approximate surface area is 159 Å². The molecule has 0 aliphatic carbocycles. The molecule has 0 bridgehead atoms. The third kappa shape index (κ3) is 4.45. The topological polar surface area (TPSA) is 68.8 Å². The normalized spacial score (nSPS) is 14.8. The fourth-order valence-electron chi connectivity index (χ4n) is 3.12. The van der Waals surface area contributed by atoms with Gasteiger partial charge in [0, 0.05) is 5.56 Å². The molecule has 1 aliphatic heterocycles. The Hall–Kier alpha value is -2.89. The van der Waals surface area contributed by atoms with Crippen LogP contribution in [0.4, 0.5) is 4.79 Å². The minimum absolute atomic E-state index is 0.174. The number of aryl methyl sites for hydroxylation is 1. The molecule has 3 rings (SSSR count). The first-order valence-corrected chi connectivity index (χ1v) is 9.09. The molecule has 2 N–H and O–H groups in total. The summed E-state index contributed by atoms with van der Waals surface area (Å²) >= 11 is 0. The highest BCUT2D eigenvalue weighted by Gasteiger charge is 2.18. The monoisotopic (exact) mass is 370 g/mol. The molecule has 6 heteroatoms. The van der Waals surface area contributed by atoms with Gasteiger partial charge in [-0.1, -0.05) is 23.8 Å². The van der Waals surface area contributed by atoms with Crippen molar-refractivity contribution in [1.82, 2.24) is 10.6 Å². The molecular weight excluding hydrogens is 344 g/mol. The standard InChI is InChI=1S/C21H26N2O4/c1-13-5-7-18(25-4)17(11-13)15(3)23-21(24)22-14(2)16-6-8-19-20(12-16)27-10-9-26-19/h5-8,11-12,14-15H,9-10H2,1-4H3,(H2,22,23,24). The molecule has 2 amide bonds. The molecule has 27 heavy (non-hydrogen) atoms. The average Bonchev–Trinajstić information content (AvgIpc) is 2.67. The van der Waals surface area contributed by atoms with Crippen molar-refractivity contribution in [2.24, 2.45) is 0 Å². The van der Waals surface area contributed by atoms with Crippen molar-refractivity contribution in [3.05, 3.63) is 53.1 Å². The van der Waals surface area contributed by atoms with Crippen LogP contribution in [-0.2, 0) is 0 Å². The lowest BCUT2D eigenvalue weighted by molar-refractivity contribution is 0.171. The molecule has 1 aliphatic rings. The van der Waals surface area contributed by atoms with Crippen LogP contribution in [0.3, 0.4) is 0 Å². The van der Waals surface area contributed by atoms with E-state index in [2.05, 4.69) is 10.6 Å². The molecule has 0 saturated carbocycles.